The summed E-state index contributed by atoms with van der Waals surface area (Å²) in [5.41, 5.74) is -2.27. The van der Waals surface area contributed by atoms with E-state index in [1.165, 1.54) is 46.5 Å². The van der Waals surface area contributed by atoms with Gasteiger partial charge in [-0.1, -0.05) is 64.2 Å². The smallest absolute Gasteiger partial charge is 0.330 e. The van der Waals surface area contributed by atoms with Crippen LogP contribution >= 0.6 is 0 Å². The van der Waals surface area contributed by atoms with Crippen LogP contribution in [0.4, 0.5) is 0 Å². The molecule has 0 bridgehead atoms. The second-order valence-corrected chi connectivity index (χ2v) is 16.4. The number of carbonyl (C=O) groups excluding carboxylic acids is 2. The van der Waals surface area contributed by atoms with Crippen LogP contribution in [0.25, 0.3) is 0 Å². The third-order valence-corrected chi connectivity index (χ3v) is 10.8. The van der Waals surface area contributed by atoms with E-state index < -0.39 is 83.2 Å². The molecule has 2 N–H and O–H groups in total. The van der Waals surface area contributed by atoms with E-state index in [0.717, 1.165) is 64.2 Å². The molecular weight excluding hydrogens is 760 g/mol. The molecule has 0 aliphatic carbocycles. The van der Waals surface area contributed by atoms with Crippen molar-refractivity contribution in [3.63, 3.8) is 0 Å². The molecule has 6 heterocycles. The maximum absolute atomic E-state index is 12.5. The zero-order valence-corrected chi connectivity index (χ0v) is 33.9. The van der Waals surface area contributed by atoms with E-state index in [1.54, 1.807) is 27.7 Å². The summed E-state index contributed by atoms with van der Waals surface area (Å²) in [6.45, 7) is 7.01. The van der Waals surface area contributed by atoms with Gasteiger partial charge in [0.05, 0.1) is 0 Å². The molecule has 322 valence electrons. The number of rotatable bonds is 21. The third kappa shape index (κ3) is 11.4. The number of nitrogens with one attached hydrogen (secondary N) is 2. The van der Waals surface area contributed by atoms with Crippen LogP contribution in [0.15, 0.2) is 43.7 Å². The highest BCUT2D eigenvalue weighted by Gasteiger charge is 2.57. The van der Waals surface area contributed by atoms with Gasteiger partial charge in [-0.3, -0.25) is 38.3 Å². The van der Waals surface area contributed by atoms with E-state index in [-0.39, 0.29) is 25.2 Å². The zero-order valence-electron chi connectivity index (χ0n) is 33.9. The van der Waals surface area contributed by atoms with Crippen LogP contribution in [0.1, 0.15) is 130 Å². The number of unbranched alkanes of at least 4 members (excludes halogenated alkanes) is 11. The van der Waals surface area contributed by atoms with Crippen molar-refractivity contribution in [1.29, 1.82) is 0 Å². The summed E-state index contributed by atoms with van der Waals surface area (Å²) in [6.07, 6.45) is 10.4. The lowest BCUT2D eigenvalue weighted by atomic mass is 10.0. The van der Waals surface area contributed by atoms with Crippen molar-refractivity contribution in [3.8, 4) is 0 Å². The molecule has 2 aromatic rings. The van der Waals surface area contributed by atoms with Crippen LogP contribution in [0.2, 0.25) is 0 Å². The summed E-state index contributed by atoms with van der Waals surface area (Å²) in [5, 5.41) is 0. The maximum atomic E-state index is 12.5. The predicted molar refractivity (Wildman–Crippen MR) is 205 cm³/mol. The van der Waals surface area contributed by atoms with Gasteiger partial charge in [0.1, 0.15) is 49.8 Å². The monoisotopic (exact) mass is 818 g/mol. The highest BCUT2D eigenvalue weighted by Crippen LogP contribution is 2.44. The fourth-order valence-electron chi connectivity index (χ4n) is 8.09. The first-order valence-electron chi connectivity index (χ1n) is 20.7. The van der Waals surface area contributed by atoms with Crippen molar-refractivity contribution in [2.45, 2.75) is 178 Å². The van der Waals surface area contributed by atoms with Gasteiger partial charge in [-0.25, -0.2) is 9.59 Å². The molecule has 58 heavy (non-hydrogen) atoms. The first-order valence-corrected chi connectivity index (χ1v) is 20.7. The number of fused-ring (bicyclic) bond motifs is 2. The summed E-state index contributed by atoms with van der Waals surface area (Å²) < 4.78 is 49.7. The summed E-state index contributed by atoms with van der Waals surface area (Å²) in [7, 11) is 0. The van der Waals surface area contributed by atoms with Crippen LogP contribution in [-0.4, -0.2) is 92.5 Å². The van der Waals surface area contributed by atoms with Crippen molar-refractivity contribution in [2.75, 3.05) is 13.2 Å². The average Bonchev–Trinajstić information content (AvgIpc) is 3.86. The van der Waals surface area contributed by atoms with Gasteiger partial charge in [-0.2, -0.15) is 0 Å². The lowest BCUT2D eigenvalue weighted by molar-refractivity contribution is -0.203. The first-order chi connectivity index (χ1) is 27.7. The Morgan fingerprint density at radius 2 is 0.879 bits per heavy atom. The van der Waals surface area contributed by atoms with E-state index in [9.17, 15) is 28.8 Å². The van der Waals surface area contributed by atoms with Gasteiger partial charge in [0, 0.05) is 37.4 Å². The standard InChI is InChI=1S/C40H58N4O14/c1-39(2)55-31-25(53-35(33(31)57-39)43-21-19-27(45)41-37(43)49)23-51-29(47)17-15-13-11-9-7-5-6-8-10-12-14-16-18-30(48)52-24-26-32-34(58-40(3,4)56-32)36(54-26)44-22-20-28(46)42-38(44)50/h19-22,25-26,31-36H,5-18,23-24H2,1-4H3,(H,41,45,49)(H,42,46,50). The normalized spacial score (nSPS) is 28.0. The fourth-order valence-corrected chi connectivity index (χ4v) is 8.09. The molecule has 6 rings (SSSR count). The molecule has 2 aromatic heterocycles. The zero-order chi connectivity index (χ0) is 41.5. The summed E-state index contributed by atoms with van der Waals surface area (Å²) >= 11 is 0. The first kappa shape index (κ1) is 43.6. The topological polar surface area (TPSA) is 218 Å². The minimum Gasteiger partial charge on any atom is -0.463 e. The molecule has 4 saturated heterocycles. The maximum Gasteiger partial charge on any atom is 0.330 e. The van der Waals surface area contributed by atoms with Gasteiger partial charge in [-0.05, 0) is 40.5 Å². The van der Waals surface area contributed by atoms with Gasteiger partial charge in [0.2, 0.25) is 0 Å². The molecule has 4 aliphatic heterocycles. The lowest BCUT2D eigenvalue weighted by Crippen LogP contribution is -2.37. The molecule has 0 saturated carbocycles. The second kappa shape index (κ2) is 19.4. The molecule has 18 heteroatoms. The van der Waals surface area contributed by atoms with Gasteiger partial charge in [0.25, 0.3) is 11.1 Å². The van der Waals surface area contributed by atoms with Crippen molar-refractivity contribution >= 4 is 11.9 Å². The molecule has 0 amide bonds. The third-order valence-electron chi connectivity index (χ3n) is 10.8. The summed E-state index contributed by atoms with van der Waals surface area (Å²) in [5.74, 6) is -2.43. The van der Waals surface area contributed by atoms with Crippen LogP contribution < -0.4 is 22.5 Å². The van der Waals surface area contributed by atoms with Crippen molar-refractivity contribution in [1.82, 2.24) is 19.1 Å². The van der Waals surface area contributed by atoms with Crippen LogP contribution in [-0.2, 0) is 47.5 Å². The van der Waals surface area contributed by atoms with Crippen LogP contribution in [0.5, 0.6) is 0 Å². The Hall–Kier alpha value is -3.94. The van der Waals surface area contributed by atoms with E-state index in [4.69, 9.17) is 37.9 Å². The highest BCUT2D eigenvalue weighted by atomic mass is 16.8. The molecule has 0 radical (unpaired) electrons. The Kier molecular flexibility index (Phi) is 14.6. The number of carbonyl (C=O) groups is 2. The number of hydrogen-bond acceptors (Lipinski definition) is 14. The molecular formula is C40H58N4O14. The number of ether oxygens (including phenoxy) is 8. The second-order valence-electron chi connectivity index (χ2n) is 16.4. The van der Waals surface area contributed by atoms with Crippen LogP contribution in [0.3, 0.4) is 0 Å². The van der Waals surface area contributed by atoms with E-state index in [2.05, 4.69) is 9.97 Å². The predicted octanol–water partition coefficient (Wildman–Crippen LogP) is 3.47. The number of nitrogens with zero attached hydrogens (tertiary/aromatic N) is 2. The molecule has 4 aliphatic rings. The Morgan fingerprint density at radius 1 is 0.552 bits per heavy atom. The van der Waals surface area contributed by atoms with E-state index in [1.807, 2.05) is 0 Å². The molecule has 4 fully saturated rings. The molecule has 18 nitrogen and oxygen atoms in total. The molecule has 8 unspecified atom stereocenters. The Balaban J connectivity index is 0.755. The van der Waals surface area contributed by atoms with E-state index >= 15 is 0 Å². The van der Waals surface area contributed by atoms with Crippen molar-refractivity contribution in [2.24, 2.45) is 0 Å². The molecule has 0 spiro atoms. The van der Waals surface area contributed by atoms with Crippen molar-refractivity contribution in [3.05, 3.63) is 66.2 Å². The SMILES string of the molecule is CC1(C)OC2C(COC(=O)CCCCCCCCCCCCCCC(=O)OCC3OC(n4ccc(=O)[nH]c4=O)C4OC(C)(C)OC34)OC(n3ccc(=O)[nH]c3=O)C2O1. The summed E-state index contributed by atoms with van der Waals surface area (Å²) in [4.78, 5) is 77.3. The van der Waals surface area contributed by atoms with Gasteiger partial charge >= 0.3 is 23.3 Å². The van der Waals surface area contributed by atoms with Gasteiger partial charge in [-0.15, -0.1) is 0 Å². The number of H-pyrrole nitrogens is 2. The lowest BCUT2D eigenvalue weighted by Gasteiger charge is -2.24. The van der Waals surface area contributed by atoms with Gasteiger partial charge in [0.15, 0.2) is 24.0 Å². The number of aromatic nitrogens is 4. The number of esters is 2. The Labute approximate surface area is 335 Å². The molecule has 8 atom stereocenters. The number of aromatic amines is 2. The number of hydrogen-bond donors (Lipinski definition) is 2. The Bertz CT molecular complexity index is 1800. The van der Waals surface area contributed by atoms with E-state index in [0.29, 0.717) is 12.8 Å². The van der Waals surface area contributed by atoms with Gasteiger partial charge < -0.3 is 37.9 Å². The minimum atomic E-state index is -0.904. The quantitative estimate of drug-likeness (QED) is 0.136. The Morgan fingerprint density at radius 3 is 1.22 bits per heavy atom. The van der Waals surface area contributed by atoms with Crippen molar-refractivity contribution < 1.29 is 47.5 Å². The fraction of sp³-hybridized carbons (Fsp3) is 0.750. The average molecular weight is 819 g/mol. The summed E-state index contributed by atoms with van der Waals surface area (Å²) in [6, 6.07) is 2.47. The van der Waals surface area contributed by atoms with Crippen LogP contribution in [0, 0.1) is 0 Å². The highest BCUT2D eigenvalue weighted by molar-refractivity contribution is 5.69. The minimum absolute atomic E-state index is 0.0302. The largest absolute Gasteiger partial charge is 0.463 e. The molecule has 0 aromatic carbocycles.